The van der Waals surface area contributed by atoms with Gasteiger partial charge in [-0.2, -0.15) is 0 Å². The third-order valence-electron chi connectivity index (χ3n) is 7.26. The summed E-state index contributed by atoms with van der Waals surface area (Å²) in [4.78, 5) is 9.10. The Labute approximate surface area is 184 Å². The maximum absolute atomic E-state index is 13.4. The predicted molar refractivity (Wildman–Crippen MR) is 120 cm³/mol. The number of rotatable bonds is 4. The van der Waals surface area contributed by atoms with Crippen molar-refractivity contribution >= 4 is 22.5 Å². The summed E-state index contributed by atoms with van der Waals surface area (Å²) < 4.78 is 15.4. The zero-order valence-corrected chi connectivity index (χ0v) is 17.5. The summed E-state index contributed by atoms with van der Waals surface area (Å²) in [7, 11) is 0. The quantitative estimate of drug-likeness (QED) is 0.455. The second kappa shape index (κ2) is 6.85. The topological polar surface area (TPSA) is 83.2 Å². The van der Waals surface area contributed by atoms with Crippen molar-refractivity contribution in [3.8, 4) is 11.1 Å². The molecular weight excluding hydrogens is 407 g/mol. The molecule has 2 aromatic carbocycles. The van der Waals surface area contributed by atoms with Crippen molar-refractivity contribution in [2.24, 2.45) is 11.8 Å². The monoisotopic (exact) mass is 430 g/mol. The number of halogens is 1. The van der Waals surface area contributed by atoms with Crippen LogP contribution in [0.1, 0.15) is 13.3 Å². The van der Waals surface area contributed by atoms with Crippen molar-refractivity contribution in [3.05, 3.63) is 72.9 Å². The zero-order chi connectivity index (χ0) is 22.0. The molecule has 2 aromatic heterocycles. The maximum atomic E-state index is 13.4. The molecule has 0 spiro atoms. The summed E-state index contributed by atoms with van der Waals surface area (Å²) in [6.07, 6.45) is 2.71. The summed E-state index contributed by atoms with van der Waals surface area (Å²) in [6, 6.07) is 16.1. The van der Waals surface area contributed by atoms with Gasteiger partial charge in [0.05, 0.1) is 17.0 Å². The van der Waals surface area contributed by atoms with Gasteiger partial charge < -0.3 is 20.1 Å². The van der Waals surface area contributed by atoms with E-state index in [4.69, 9.17) is 0 Å². The lowest BCUT2D eigenvalue weighted by molar-refractivity contribution is -0.0138. The van der Waals surface area contributed by atoms with E-state index in [2.05, 4.69) is 15.3 Å². The fraction of sp³-hybridized carbons (Fsp3) is 0.280. The third kappa shape index (κ3) is 2.64. The lowest BCUT2D eigenvalue weighted by Gasteiger charge is -2.24. The molecule has 0 unspecified atom stereocenters. The van der Waals surface area contributed by atoms with Gasteiger partial charge in [-0.15, -0.1) is 0 Å². The molecule has 2 heterocycles. The van der Waals surface area contributed by atoms with Crippen molar-refractivity contribution < 1.29 is 14.6 Å². The summed E-state index contributed by atoms with van der Waals surface area (Å²) in [5, 5.41) is 25.6. The van der Waals surface area contributed by atoms with Gasteiger partial charge in [0, 0.05) is 17.4 Å². The van der Waals surface area contributed by atoms with E-state index < -0.39 is 17.7 Å². The van der Waals surface area contributed by atoms with Crippen LogP contribution in [-0.4, -0.2) is 37.0 Å². The Balaban J connectivity index is 1.56. The third-order valence-corrected chi connectivity index (χ3v) is 7.26. The van der Waals surface area contributed by atoms with Gasteiger partial charge in [0.1, 0.15) is 29.7 Å². The van der Waals surface area contributed by atoms with Crippen LogP contribution in [0.15, 0.2) is 67.1 Å². The first-order valence-electron chi connectivity index (χ1n) is 10.8. The highest BCUT2D eigenvalue weighted by atomic mass is 19.1. The fourth-order valence-electron chi connectivity index (χ4n) is 5.50. The molecule has 3 N–H and O–H groups in total. The molecule has 0 saturated heterocycles. The molecule has 7 heteroatoms. The van der Waals surface area contributed by atoms with Crippen LogP contribution in [0.25, 0.3) is 22.2 Å². The van der Waals surface area contributed by atoms with Crippen molar-refractivity contribution in [2.75, 3.05) is 5.32 Å². The number of hydrogen-bond acceptors (Lipinski definition) is 5. The van der Waals surface area contributed by atoms with Crippen LogP contribution in [0, 0.1) is 17.7 Å². The number of aliphatic hydroxyl groups excluding tert-OH is 2. The molecule has 5 atom stereocenters. The van der Waals surface area contributed by atoms with Gasteiger partial charge in [0.15, 0.2) is 0 Å². The smallest absolute Gasteiger partial charge is 0.146 e. The van der Waals surface area contributed by atoms with Crippen molar-refractivity contribution in [1.29, 1.82) is 0 Å². The van der Waals surface area contributed by atoms with E-state index >= 15 is 0 Å². The van der Waals surface area contributed by atoms with Crippen LogP contribution in [-0.2, 0) is 5.54 Å². The van der Waals surface area contributed by atoms with Crippen LogP contribution in [0.4, 0.5) is 15.9 Å². The van der Waals surface area contributed by atoms with Crippen molar-refractivity contribution in [2.45, 2.75) is 31.1 Å². The highest BCUT2D eigenvalue weighted by Gasteiger charge is 2.71. The fourth-order valence-corrected chi connectivity index (χ4v) is 5.50. The molecular formula is C25H23FN4O2. The van der Waals surface area contributed by atoms with Crippen LogP contribution in [0.5, 0.6) is 0 Å². The SMILES string of the molecule is C[C@@H]1[C@H](O)[C@H](O)[C@@]2(n3cc(-c4ccccc4)c4c(Nc5ccc(F)cc5)ncnc43)C[C@@H]12. The molecule has 0 aliphatic heterocycles. The number of benzene rings is 2. The van der Waals surface area contributed by atoms with E-state index in [1.54, 1.807) is 12.1 Å². The molecule has 0 amide bonds. The van der Waals surface area contributed by atoms with Crippen molar-refractivity contribution in [3.63, 3.8) is 0 Å². The Kier molecular flexibility index (Phi) is 4.15. The number of fused-ring (bicyclic) bond motifs is 2. The Bertz CT molecular complexity index is 1310. The van der Waals surface area contributed by atoms with Gasteiger partial charge >= 0.3 is 0 Å². The zero-order valence-electron chi connectivity index (χ0n) is 17.5. The second-order valence-electron chi connectivity index (χ2n) is 8.93. The minimum atomic E-state index is -0.856. The van der Waals surface area contributed by atoms with Gasteiger partial charge in [-0.25, -0.2) is 14.4 Å². The van der Waals surface area contributed by atoms with Crippen LogP contribution in [0.2, 0.25) is 0 Å². The van der Waals surface area contributed by atoms with E-state index in [0.29, 0.717) is 17.2 Å². The first kappa shape index (κ1) is 19.4. The molecule has 162 valence electrons. The van der Waals surface area contributed by atoms with E-state index in [1.807, 2.05) is 48.0 Å². The number of nitrogens with one attached hydrogen (secondary N) is 1. The molecule has 2 aliphatic rings. The minimum absolute atomic E-state index is 0.0151. The second-order valence-corrected chi connectivity index (χ2v) is 8.93. The Hall–Kier alpha value is -3.29. The molecule has 2 saturated carbocycles. The average Bonchev–Trinajstić information content (AvgIpc) is 3.39. The van der Waals surface area contributed by atoms with E-state index in [9.17, 15) is 14.6 Å². The van der Waals surface area contributed by atoms with Gasteiger partial charge in [-0.05, 0) is 48.1 Å². The van der Waals surface area contributed by atoms with Crippen LogP contribution in [0.3, 0.4) is 0 Å². The van der Waals surface area contributed by atoms with Gasteiger partial charge in [-0.1, -0.05) is 37.3 Å². The standard InChI is InChI=1S/C25H23FN4O2/c1-14-19-11-25(19,22(32)21(14)31)30-12-18(15-5-3-2-4-6-15)20-23(27-13-28-24(20)30)29-17-9-7-16(26)8-10-17/h2-10,12-14,19,21-22,31-32H,11H2,1H3,(H,27,28,29)/t14-,19-,21-,22-,25+/m0/s1. The maximum Gasteiger partial charge on any atom is 0.146 e. The van der Waals surface area contributed by atoms with E-state index in [0.717, 1.165) is 22.9 Å². The highest BCUT2D eigenvalue weighted by Crippen LogP contribution is 2.65. The van der Waals surface area contributed by atoms with Gasteiger partial charge in [0.25, 0.3) is 0 Å². The number of nitrogens with zero attached hydrogens (tertiary/aromatic N) is 3. The summed E-state index contributed by atoms with van der Waals surface area (Å²) in [6.45, 7) is 1.99. The van der Waals surface area contributed by atoms with Crippen molar-refractivity contribution in [1.82, 2.24) is 14.5 Å². The molecule has 2 aliphatic carbocycles. The van der Waals surface area contributed by atoms with E-state index in [-0.39, 0.29) is 17.7 Å². The molecule has 6 nitrogen and oxygen atoms in total. The molecule has 2 fully saturated rings. The number of anilines is 2. The number of aliphatic hydroxyl groups is 2. The number of hydrogen-bond donors (Lipinski definition) is 3. The Morgan fingerprint density at radius 2 is 1.81 bits per heavy atom. The van der Waals surface area contributed by atoms with Gasteiger partial charge in [0.2, 0.25) is 0 Å². The molecule has 0 radical (unpaired) electrons. The summed E-state index contributed by atoms with van der Waals surface area (Å²) in [5.74, 6) is 0.506. The lowest BCUT2D eigenvalue weighted by atomic mass is 10.0. The Morgan fingerprint density at radius 3 is 2.50 bits per heavy atom. The molecule has 0 bridgehead atoms. The van der Waals surface area contributed by atoms with E-state index in [1.165, 1.54) is 18.5 Å². The molecule has 6 rings (SSSR count). The van der Waals surface area contributed by atoms with Crippen LogP contribution < -0.4 is 5.32 Å². The normalized spacial score (nSPS) is 28.6. The Morgan fingerprint density at radius 1 is 1.06 bits per heavy atom. The van der Waals surface area contributed by atoms with Gasteiger partial charge in [-0.3, -0.25) is 0 Å². The first-order chi connectivity index (χ1) is 15.5. The van der Waals surface area contributed by atoms with Crippen LogP contribution >= 0.6 is 0 Å². The largest absolute Gasteiger partial charge is 0.390 e. The highest BCUT2D eigenvalue weighted by molar-refractivity contribution is 6.02. The predicted octanol–water partition coefficient (Wildman–Crippen LogP) is 4.07. The summed E-state index contributed by atoms with van der Waals surface area (Å²) in [5.41, 5.74) is 2.79. The minimum Gasteiger partial charge on any atom is -0.390 e. The molecule has 4 aromatic rings. The summed E-state index contributed by atoms with van der Waals surface area (Å²) >= 11 is 0. The molecule has 32 heavy (non-hydrogen) atoms. The first-order valence-corrected chi connectivity index (χ1v) is 10.8. The number of aromatic nitrogens is 3. The average molecular weight is 430 g/mol. The lowest BCUT2D eigenvalue weighted by Crippen LogP contribution is -2.37.